The predicted octanol–water partition coefficient (Wildman–Crippen LogP) is 2.87. The molecule has 0 amide bonds. The molecule has 110 valence electrons. The van der Waals surface area contributed by atoms with Gasteiger partial charge in [-0.15, -0.1) is 0 Å². The van der Waals surface area contributed by atoms with E-state index in [4.69, 9.17) is 15.2 Å². The largest absolute Gasteiger partial charge is 0.493 e. The zero-order chi connectivity index (χ0) is 14.1. The molecule has 2 aliphatic rings. The molecule has 1 aliphatic carbocycles. The fourth-order valence-electron chi connectivity index (χ4n) is 3.36. The van der Waals surface area contributed by atoms with E-state index in [2.05, 4.69) is 31.2 Å². The van der Waals surface area contributed by atoms with Crippen molar-refractivity contribution >= 4 is 0 Å². The first-order chi connectivity index (χ1) is 9.66. The van der Waals surface area contributed by atoms with E-state index in [0.29, 0.717) is 0 Å². The zero-order valence-electron chi connectivity index (χ0n) is 12.4. The molecule has 20 heavy (non-hydrogen) atoms. The maximum absolute atomic E-state index is 6.04. The van der Waals surface area contributed by atoms with E-state index in [-0.39, 0.29) is 10.8 Å². The first-order valence-electron chi connectivity index (χ1n) is 7.67. The maximum Gasteiger partial charge on any atom is 0.119 e. The molecule has 2 fully saturated rings. The minimum absolute atomic E-state index is 0.197. The molecule has 3 rings (SSSR count). The lowest BCUT2D eigenvalue weighted by Crippen LogP contribution is -2.44. The standard InChI is InChI=1S/C17H25NO2/c1-16(11-19-12-16)13-20-15-6-4-14(5-7-15)17(10-18)8-2-3-9-17/h4-7H,2-3,8-13,18H2,1H3. The highest BCUT2D eigenvalue weighted by molar-refractivity contribution is 5.33. The quantitative estimate of drug-likeness (QED) is 0.898. The SMILES string of the molecule is CC1(COc2ccc(C3(CN)CCCC3)cc2)COC1. The number of rotatable bonds is 5. The Hall–Kier alpha value is -1.06. The Morgan fingerprint density at radius 1 is 1.15 bits per heavy atom. The van der Waals surface area contributed by atoms with E-state index in [0.717, 1.165) is 32.1 Å². The van der Waals surface area contributed by atoms with E-state index in [9.17, 15) is 0 Å². The van der Waals surface area contributed by atoms with Crippen molar-refractivity contribution in [3.05, 3.63) is 29.8 Å². The third-order valence-corrected chi connectivity index (χ3v) is 4.91. The van der Waals surface area contributed by atoms with Crippen molar-refractivity contribution in [2.45, 2.75) is 38.0 Å². The molecular formula is C17H25NO2. The summed E-state index contributed by atoms with van der Waals surface area (Å²) >= 11 is 0. The highest BCUT2D eigenvalue weighted by atomic mass is 16.5. The Bertz CT molecular complexity index is 445. The van der Waals surface area contributed by atoms with Gasteiger partial charge in [-0.3, -0.25) is 0 Å². The number of hydrogen-bond donors (Lipinski definition) is 1. The van der Waals surface area contributed by atoms with Gasteiger partial charge in [0.2, 0.25) is 0 Å². The van der Waals surface area contributed by atoms with Crippen LogP contribution in [-0.2, 0) is 10.2 Å². The topological polar surface area (TPSA) is 44.5 Å². The van der Waals surface area contributed by atoms with E-state index in [1.165, 1.54) is 31.2 Å². The van der Waals surface area contributed by atoms with Crippen LogP contribution in [-0.4, -0.2) is 26.4 Å². The van der Waals surface area contributed by atoms with Crippen molar-refractivity contribution in [1.29, 1.82) is 0 Å². The second-order valence-electron chi connectivity index (χ2n) is 6.81. The normalized spacial score (nSPS) is 23.3. The van der Waals surface area contributed by atoms with Crippen LogP contribution in [0.5, 0.6) is 5.75 Å². The van der Waals surface area contributed by atoms with Crippen molar-refractivity contribution in [2.24, 2.45) is 11.1 Å². The lowest BCUT2D eigenvalue weighted by molar-refractivity contribution is -0.120. The van der Waals surface area contributed by atoms with Crippen molar-refractivity contribution < 1.29 is 9.47 Å². The first-order valence-corrected chi connectivity index (χ1v) is 7.67. The Balaban J connectivity index is 1.65. The summed E-state index contributed by atoms with van der Waals surface area (Å²) in [6.07, 6.45) is 5.04. The third-order valence-electron chi connectivity index (χ3n) is 4.91. The van der Waals surface area contributed by atoms with Crippen molar-refractivity contribution in [2.75, 3.05) is 26.4 Å². The molecule has 1 saturated carbocycles. The van der Waals surface area contributed by atoms with Crippen LogP contribution in [0.1, 0.15) is 38.2 Å². The van der Waals surface area contributed by atoms with Crippen LogP contribution in [0.25, 0.3) is 0 Å². The molecule has 3 heteroatoms. The van der Waals surface area contributed by atoms with E-state index < -0.39 is 0 Å². The van der Waals surface area contributed by atoms with Crippen molar-refractivity contribution in [3.63, 3.8) is 0 Å². The Morgan fingerprint density at radius 3 is 2.30 bits per heavy atom. The Labute approximate surface area is 121 Å². The van der Waals surface area contributed by atoms with Gasteiger partial charge in [0.05, 0.1) is 19.8 Å². The summed E-state index contributed by atoms with van der Waals surface area (Å²) in [6.45, 7) is 5.30. The molecule has 1 aromatic rings. The molecule has 1 saturated heterocycles. The highest BCUT2D eigenvalue weighted by Gasteiger charge is 2.35. The lowest BCUT2D eigenvalue weighted by Gasteiger charge is -2.37. The van der Waals surface area contributed by atoms with Crippen LogP contribution in [0.4, 0.5) is 0 Å². The second-order valence-corrected chi connectivity index (χ2v) is 6.81. The molecule has 1 aliphatic heterocycles. The van der Waals surface area contributed by atoms with Crippen LogP contribution < -0.4 is 10.5 Å². The molecule has 0 bridgehead atoms. The molecule has 0 unspecified atom stereocenters. The van der Waals surface area contributed by atoms with E-state index in [1.54, 1.807) is 0 Å². The van der Waals surface area contributed by atoms with Gasteiger partial charge >= 0.3 is 0 Å². The van der Waals surface area contributed by atoms with Gasteiger partial charge in [0.1, 0.15) is 5.75 Å². The van der Waals surface area contributed by atoms with Crippen LogP contribution >= 0.6 is 0 Å². The molecule has 0 radical (unpaired) electrons. The van der Waals surface area contributed by atoms with Crippen molar-refractivity contribution in [3.8, 4) is 5.75 Å². The average Bonchev–Trinajstić information content (AvgIpc) is 2.94. The predicted molar refractivity (Wildman–Crippen MR) is 80.1 cm³/mol. The summed E-state index contributed by atoms with van der Waals surface area (Å²) in [7, 11) is 0. The Kier molecular flexibility index (Phi) is 3.74. The molecule has 1 aromatic carbocycles. The number of nitrogens with two attached hydrogens (primary N) is 1. The zero-order valence-corrected chi connectivity index (χ0v) is 12.4. The monoisotopic (exact) mass is 275 g/mol. The van der Waals surface area contributed by atoms with Gasteiger partial charge in [0.15, 0.2) is 0 Å². The molecule has 0 aromatic heterocycles. The summed E-state index contributed by atoms with van der Waals surface area (Å²) in [5.74, 6) is 0.951. The summed E-state index contributed by atoms with van der Waals surface area (Å²) in [5.41, 5.74) is 7.82. The molecule has 0 atom stereocenters. The summed E-state index contributed by atoms with van der Waals surface area (Å²) in [5, 5.41) is 0. The summed E-state index contributed by atoms with van der Waals surface area (Å²) in [6, 6.07) is 8.59. The third kappa shape index (κ3) is 2.57. The van der Waals surface area contributed by atoms with Gasteiger partial charge < -0.3 is 15.2 Å². The Morgan fingerprint density at radius 2 is 1.80 bits per heavy atom. The van der Waals surface area contributed by atoms with Crippen LogP contribution in [0.15, 0.2) is 24.3 Å². The summed E-state index contributed by atoms with van der Waals surface area (Å²) in [4.78, 5) is 0. The fourth-order valence-corrected chi connectivity index (χ4v) is 3.36. The molecular weight excluding hydrogens is 250 g/mol. The van der Waals surface area contributed by atoms with Gasteiger partial charge in [-0.25, -0.2) is 0 Å². The van der Waals surface area contributed by atoms with Gasteiger partial charge in [-0.2, -0.15) is 0 Å². The van der Waals surface area contributed by atoms with Crippen LogP contribution in [0, 0.1) is 5.41 Å². The van der Waals surface area contributed by atoms with Gasteiger partial charge in [0, 0.05) is 17.4 Å². The van der Waals surface area contributed by atoms with E-state index in [1.807, 2.05) is 0 Å². The average molecular weight is 275 g/mol. The van der Waals surface area contributed by atoms with Crippen LogP contribution in [0.2, 0.25) is 0 Å². The highest BCUT2D eigenvalue weighted by Crippen LogP contribution is 2.40. The summed E-state index contributed by atoms with van der Waals surface area (Å²) < 4.78 is 11.1. The number of benzene rings is 1. The molecule has 3 nitrogen and oxygen atoms in total. The van der Waals surface area contributed by atoms with Crippen LogP contribution in [0.3, 0.4) is 0 Å². The number of hydrogen-bond acceptors (Lipinski definition) is 3. The van der Waals surface area contributed by atoms with Gasteiger partial charge in [-0.1, -0.05) is 31.9 Å². The van der Waals surface area contributed by atoms with Gasteiger partial charge in [-0.05, 0) is 30.5 Å². The molecule has 0 spiro atoms. The fraction of sp³-hybridized carbons (Fsp3) is 0.647. The number of ether oxygens (including phenoxy) is 2. The first kappa shape index (κ1) is 13.9. The minimum Gasteiger partial charge on any atom is -0.493 e. The minimum atomic E-state index is 0.197. The maximum atomic E-state index is 6.04. The second kappa shape index (κ2) is 5.38. The molecule has 1 heterocycles. The van der Waals surface area contributed by atoms with Crippen molar-refractivity contribution in [1.82, 2.24) is 0 Å². The van der Waals surface area contributed by atoms with E-state index >= 15 is 0 Å². The lowest BCUT2D eigenvalue weighted by atomic mass is 9.79. The van der Waals surface area contributed by atoms with Gasteiger partial charge in [0.25, 0.3) is 0 Å². The molecule has 2 N–H and O–H groups in total. The smallest absolute Gasteiger partial charge is 0.119 e.